The molecule has 0 spiro atoms. The molecule has 3 rings (SSSR count). The molecule has 2 aromatic rings. The van der Waals surface area contributed by atoms with Gasteiger partial charge in [0.2, 0.25) is 0 Å². The Morgan fingerprint density at radius 1 is 1.26 bits per heavy atom. The number of halogens is 2. The number of rotatable bonds is 5. The van der Waals surface area contributed by atoms with E-state index >= 15 is 0 Å². The fraction of sp³-hybridized carbons (Fsp3) is 0.235. The first-order valence-electron chi connectivity index (χ1n) is 7.18. The average Bonchev–Trinajstić information content (AvgIpc) is 2.96. The maximum atomic E-state index is 12.2. The summed E-state index contributed by atoms with van der Waals surface area (Å²) in [4.78, 5) is 12.2. The first-order chi connectivity index (χ1) is 11.1. The summed E-state index contributed by atoms with van der Waals surface area (Å²) in [7, 11) is 0. The number of alkyl halides is 2. The zero-order valence-corrected chi connectivity index (χ0v) is 12.2. The quantitative estimate of drug-likeness (QED) is 0.922. The van der Waals surface area contributed by atoms with Crippen LogP contribution in [0.1, 0.15) is 11.1 Å². The highest BCUT2D eigenvalue weighted by atomic mass is 19.3. The molecule has 0 unspecified atom stereocenters. The normalized spacial score (nSPS) is 15.9. The summed E-state index contributed by atoms with van der Waals surface area (Å²) in [5.74, 6) is 0.553. The van der Waals surface area contributed by atoms with Crippen molar-refractivity contribution in [2.24, 2.45) is 0 Å². The van der Waals surface area contributed by atoms with Gasteiger partial charge in [-0.25, -0.2) is 0 Å². The van der Waals surface area contributed by atoms with Crippen molar-refractivity contribution in [2.75, 3.05) is 0 Å². The van der Waals surface area contributed by atoms with E-state index in [9.17, 15) is 13.6 Å². The zero-order chi connectivity index (χ0) is 16.2. The minimum Gasteiger partial charge on any atom is -0.480 e. The summed E-state index contributed by atoms with van der Waals surface area (Å²) in [5, 5.41) is 2.75. The molecule has 0 saturated carbocycles. The SMILES string of the molecule is O=C(NCc1cccc(OC(F)F)c1)[C@H]1Cc2ccccc2O1. The van der Waals surface area contributed by atoms with Crippen LogP contribution in [0.3, 0.4) is 0 Å². The molecule has 1 aliphatic rings. The predicted molar refractivity (Wildman–Crippen MR) is 79.5 cm³/mol. The summed E-state index contributed by atoms with van der Waals surface area (Å²) < 4.78 is 34.3. The molecule has 1 N–H and O–H groups in total. The van der Waals surface area contributed by atoms with E-state index in [1.807, 2.05) is 24.3 Å². The van der Waals surface area contributed by atoms with E-state index in [2.05, 4.69) is 10.1 Å². The fourth-order valence-electron chi connectivity index (χ4n) is 2.46. The zero-order valence-electron chi connectivity index (χ0n) is 12.2. The highest BCUT2D eigenvalue weighted by molar-refractivity contribution is 5.82. The Kier molecular flexibility index (Phi) is 4.41. The van der Waals surface area contributed by atoms with Crippen molar-refractivity contribution < 1.29 is 23.0 Å². The fourth-order valence-corrected chi connectivity index (χ4v) is 2.46. The summed E-state index contributed by atoms with van der Waals surface area (Å²) in [6.45, 7) is -2.65. The van der Waals surface area contributed by atoms with Crippen LogP contribution in [0.5, 0.6) is 11.5 Å². The van der Waals surface area contributed by atoms with Gasteiger partial charge in [0.05, 0.1) is 0 Å². The van der Waals surface area contributed by atoms with Crippen molar-refractivity contribution in [3.05, 3.63) is 59.7 Å². The monoisotopic (exact) mass is 319 g/mol. The van der Waals surface area contributed by atoms with Gasteiger partial charge in [0.25, 0.3) is 5.91 Å². The van der Waals surface area contributed by atoms with Crippen molar-refractivity contribution in [2.45, 2.75) is 25.7 Å². The van der Waals surface area contributed by atoms with Crippen molar-refractivity contribution in [1.82, 2.24) is 5.32 Å². The molecule has 0 radical (unpaired) electrons. The third kappa shape index (κ3) is 3.77. The van der Waals surface area contributed by atoms with Crippen molar-refractivity contribution >= 4 is 5.91 Å². The number of hydrogen-bond donors (Lipinski definition) is 1. The molecule has 1 aliphatic heterocycles. The Hall–Kier alpha value is -2.63. The lowest BCUT2D eigenvalue weighted by molar-refractivity contribution is -0.127. The standard InChI is InChI=1S/C17H15F2NO3/c18-17(19)22-13-6-3-4-11(8-13)10-20-16(21)15-9-12-5-1-2-7-14(12)23-15/h1-8,15,17H,9-10H2,(H,20,21)/t15-/m1/s1. The largest absolute Gasteiger partial charge is 0.480 e. The number of amides is 1. The predicted octanol–water partition coefficient (Wildman–Crippen LogP) is 2.91. The van der Waals surface area contributed by atoms with E-state index < -0.39 is 12.7 Å². The second kappa shape index (κ2) is 6.64. The highest BCUT2D eigenvalue weighted by Gasteiger charge is 2.28. The van der Waals surface area contributed by atoms with Gasteiger partial charge in [-0.1, -0.05) is 30.3 Å². The van der Waals surface area contributed by atoms with Crippen LogP contribution in [0.15, 0.2) is 48.5 Å². The smallest absolute Gasteiger partial charge is 0.387 e. The average molecular weight is 319 g/mol. The second-order valence-electron chi connectivity index (χ2n) is 5.16. The maximum Gasteiger partial charge on any atom is 0.387 e. The van der Waals surface area contributed by atoms with Gasteiger partial charge in [-0.3, -0.25) is 4.79 Å². The molecule has 0 aliphatic carbocycles. The molecule has 0 aromatic heterocycles. The molecule has 6 heteroatoms. The van der Waals surface area contributed by atoms with Crippen molar-refractivity contribution in [3.8, 4) is 11.5 Å². The van der Waals surface area contributed by atoms with Crippen molar-refractivity contribution in [1.29, 1.82) is 0 Å². The molecule has 2 aromatic carbocycles. The number of carbonyl (C=O) groups excluding carboxylic acids is 1. The van der Waals surface area contributed by atoms with Gasteiger partial charge in [0, 0.05) is 13.0 Å². The highest BCUT2D eigenvalue weighted by Crippen LogP contribution is 2.28. The number of carbonyl (C=O) groups is 1. The third-order valence-corrected chi connectivity index (χ3v) is 3.53. The minimum atomic E-state index is -2.87. The Bertz CT molecular complexity index is 681. The number of ether oxygens (including phenoxy) is 2. The van der Waals surface area contributed by atoms with Crippen LogP contribution in [0.4, 0.5) is 8.78 Å². The first kappa shape index (κ1) is 15.3. The minimum absolute atomic E-state index is 0.0660. The van der Waals surface area contributed by atoms with Crippen LogP contribution >= 0.6 is 0 Å². The molecule has 1 atom stereocenters. The lowest BCUT2D eigenvalue weighted by Crippen LogP contribution is -2.37. The van der Waals surface area contributed by atoms with E-state index in [1.165, 1.54) is 12.1 Å². The number of hydrogen-bond acceptors (Lipinski definition) is 3. The Balaban J connectivity index is 1.56. The number of fused-ring (bicyclic) bond motifs is 1. The van der Waals surface area contributed by atoms with Gasteiger partial charge < -0.3 is 14.8 Å². The molecular formula is C17H15F2NO3. The molecule has 0 fully saturated rings. The van der Waals surface area contributed by atoms with Crippen LogP contribution in [-0.2, 0) is 17.8 Å². The lowest BCUT2D eigenvalue weighted by Gasteiger charge is -2.12. The van der Waals surface area contributed by atoms with E-state index in [0.29, 0.717) is 12.0 Å². The van der Waals surface area contributed by atoms with E-state index in [4.69, 9.17) is 4.74 Å². The molecule has 4 nitrogen and oxygen atoms in total. The summed E-state index contributed by atoms with van der Waals surface area (Å²) in [6.07, 6.45) is -0.0378. The molecule has 120 valence electrons. The van der Waals surface area contributed by atoms with Crippen LogP contribution in [0.2, 0.25) is 0 Å². The molecule has 0 bridgehead atoms. The Morgan fingerprint density at radius 3 is 2.87 bits per heavy atom. The van der Waals surface area contributed by atoms with Gasteiger partial charge in [0.15, 0.2) is 6.10 Å². The summed E-state index contributed by atoms with van der Waals surface area (Å²) in [5.41, 5.74) is 1.67. The lowest BCUT2D eigenvalue weighted by atomic mass is 10.1. The molecule has 1 heterocycles. The van der Waals surface area contributed by atoms with Crippen LogP contribution in [0, 0.1) is 0 Å². The van der Waals surface area contributed by atoms with Gasteiger partial charge in [-0.05, 0) is 29.3 Å². The van der Waals surface area contributed by atoms with Gasteiger partial charge in [-0.15, -0.1) is 0 Å². The topological polar surface area (TPSA) is 47.6 Å². The molecular weight excluding hydrogens is 304 g/mol. The van der Waals surface area contributed by atoms with Gasteiger partial charge in [-0.2, -0.15) is 8.78 Å². The van der Waals surface area contributed by atoms with E-state index in [0.717, 1.165) is 11.3 Å². The third-order valence-electron chi connectivity index (χ3n) is 3.53. The van der Waals surface area contributed by atoms with Crippen LogP contribution in [-0.4, -0.2) is 18.6 Å². The first-order valence-corrected chi connectivity index (χ1v) is 7.18. The molecule has 0 saturated heterocycles. The number of benzene rings is 2. The van der Waals surface area contributed by atoms with Crippen LogP contribution in [0.25, 0.3) is 0 Å². The van der Waals surface area contributed by atoms with Crippen LogP contribution < -0.4 is 14.8 Å². The van der Waals surface area contributed by atoms with Gasteiger partial charge in [0.1, 0.15) is 11.5 Å². The van der Waals surface area contributed by atoms with E-state index in [-0.39, 0.29) is 18.2 Å². The maximum absolute atomic E-state index is 12.2. The Morgan fingerprint density at radius 2 is 2.09 bits per heavy atom. The summed E-state index contributed by atoms with van der Waals surface area (Å²) in [6, 6.07) is 13.7. The Labute approximate surface area is 132 Å². The summed E-state index contributed by atoms with van der Waals surface area (Å²) >= 11 is 0. The molecule has 23 heavy (non-hydrogen) atoms. The second-order valence-corrected chi connectivity index (χ2v) is 5.16. The van der Waals surface area contributed by atoms with E-state index in [1.54, 1.807) is 12.1 Å². The molecule has 1 amide bonds. The van der Waals surface area contributed by atoms with Crippen molar-refractivity contribution in [3.63, 3.8) is 0 Å². The van der Waals surface area contributed by atoms with Gasteiger partial charge >= 0.3 is 6.61 Å². The number of nitrogens with one attached hydrogen (secondary N) is 1. The number of para-hydroxylation sites is 1.